The number of carbonyl (C=O) groups is 4. The Kier molecular flexibility index (Phi) is 4.88. The number of nitrogens with zero attached hydrogens (tertiary/aromatic N) is 2. The molecule has 0 aromatic heterocycles. The average Bonchev–Trinajstić information content (AvgIpc) is 2.98. The van der Waals surface area contributed by atoms with E-state index in [0.717, 1.165) is 16.9 Å². The molecule has 2 aromatic rings. The van der Waals surface area contributed by atoms with Gasteiger partial charge in [-0.3, -0.25) is 24.1 Å². The van der Waals surface area contributed by atoms with Crippen molar-refractivity contribution >= 4 is 23.6 Å². The van der Waals surface area contributed by atoms with Gasteiger partial charge in [-0.2, -0.15) is 0 Å². The van der Waals surface area contributed by atoms with Gasteiger partial charge < -0.3 is 10.2 Å². The highest BCUT2D eigenvalue weighted by Gasteiger charge is 2.36. The molecule has 0 saturated carbocycles. The molecule has 29 heavy (non-hydrogen) atoms. The van der Waals surface area contributed by atoms with E-state index >= 15 is 0 Å². The van der Waals surface area contributed by atoms with E-state index in [1.54, 1.807) is 36.1 Å². The number of fused-ring (bicyclic) bond motifs is 2. The van der Waals surface area contributed by atoms with Crippen LogP contribution in [0.5, 0.6) is 0 Å². The molecule has 1 N–H and O–H groups in total. The zero-order chi connectivity index (χ0) is 20.5. The lowest BCUT2D eigenvalue weighted by Crippen LogP contribution is -2.50. The molecule has 2 aromatic carbocycles. The number of hydrogen-bond donors (Lipinski definition) is 1. The molecule has 0 bridgehead atoms. The number of imide groups is 1. The summed E-state index contributed by atoms with van der Waals surface area (Å²) in [6, 6.07) is 13.7. The molecule has 148 valence electrons. The van der Waals surface area contributed by atoms with Crippen LogP contribution in [0.2, 0.25) is 0 Å². The van der Waals surface area contributed by atoms with Gasteiger partial charge in [0.05, 0.1) is 11.1 Å². The Morgan fingerprint density at radius 1 is 0.966 bits per heavy atom. The first-order valence-corrected chi connectivity index (χ1v) is 9.56. The third-order valence-electron chi connectivity index (χ3n) is 5.37. The summed E-state index contributed by atoms with van der Waals surface area (Å²) < 4.78 is 0. The monoisotopic (exact) mass is 391 g/mol. The fourth-order valence-corrected chi connectivity index (χ4v) is 3.83. The molecule has 2 aliphatic heterocycles. The van der Waals surface area contributed by atoms with Gasteiger partial charge in [-0.05, 0) is 36.6 Å². The van der Waals surface area contributed by atoms with Crippen molar-refractivity contribution < 1.29 is 19.2 Å². The summed E-state index contributed by atoms with van der Waals surface area (Å²) in [4.78, 5) is 52.5. The number of nitrogens with one attached hydrogen (secondary N) is 1. The lowest BCUT2D eigenvalue weighted by atomic mass is 9.99. The average molecular weight is 391 g/mol. The highest BCUT2D eigenvalue weighted by atomic mass is 16.2. The normalized spacial score (nSPS) is 16.3. The predicted molar refractivity (Wildman–Crippen MR) is 105 cm³/mol. The molecular weight excluding hydrogens is 370 g/mol. The Hall–Kier alpha value is -3.48. The van der Waals surface area contributed by atoms with E-state index in [9.17, 15) is 19.2 Å². The molecular formula is C22H21N3O4. The molecule has 0 fully saturated rings. The summed E-state index contributed by atoms with van der Waals surface area (Å²) in [5.41, 5.74) is 2.93. The van der Waals surface area contributed by atoms with Crippen LogP contribution in [0.25, 0.3) is 0 Å². The van der Waals surface area contributed by atoms with E-state index in [0.29, 0.717) is 24.2 Å². The summed E-state index contributed by atoms with van der Waals surface area (Å²) in [6.45, 7) is 2.30. The number of benzene rings is 2. The maximum atomic E-state index is 12.8. The molecule has 4 amide bonds. The van der Waals surface area contributed by atoms with Gasteiger partial charge in [0.25, 0.3) is 11.8 Å². The second kappa shape index (κ2) is 7.50. The van der Waals surface area contributed by atoms with Crippen molar-refractivity contribution in [3.63, 3.8) is 0 Å². The first-order valence-electron chi connectivity index (χ1n) is 9.56. The van der Waals surface area contributed by atoms with E-state index in [1.807, 2.05) is 18.2 Å². The van der Waals surface area contributed by atoms with Crippen LogP contribution in [0.1, 0.15) is 38.8 Å². The van der Waals surface area contributed by atoms with Gasteiger partial charge in [0, 0.05) is 13.1 Å². The minimum absolute atomic E-state index is 0.185. The summed E-state index contributed by atoms with van der Waals surface area (Å²) >= 11 is 0. The first-order chi connectivity index (χ1) is 14.0. The highest BCUT2D eigenvalue weighted by molar-refractivity contribution is 6.22. The van der Waals surface area contributed by atoms with Crippen LogP contribution in [-0.4, -0.2) is 52.6 Å². The predicted octanol–water partition coefficient (Wildman–Crippen LogP) is 1.37. The molecule has 0 radical (unpaired) electrons. The Labute approximate surface area is 168 Å². The number of rotatable bonds is 4. The Bertz CT molecular complexity index is 982. The molecule has 4 rings (SSSR count). The van der Waals surface area contributed by atoms with Crippen LogP contribution in [0.15, 0.2) is 48.5 Å². The molecule has 0 unspecified atom stereocenters. The Morgan fingerprint density at radius 3 is 2.21 bits per heavy atom. The molecule has 0 saturated heterocycles. The zero-order valence-corrected chi connectivity index (χ0v) is 16.1. The maximum absolute atomic E-state index is 12.8. The van der Waals surface area contributed by atoms with Gasteiger partial charge in [-0.25, -0.2) is 0 Å². The summed E-state index contributed by atoms with van der Waals surface area (Å²) in [5.74, 6) is -1.72. The summed E-state index contributed by atoms with van der Waals surface area (Å²) in [6.07, 6.45) is 0.775. The molecule has 2 aliphatic rings. The van der Waals surface area contributed by atoms with Crippen LogP contribution >= 0.6 is 0 Å². The quantitative estimate of drug-likeness (QED) is 0.798. The van der Waals surface area contributed by atoms with E-state index in [-0.39, 0.29) is 5.91 Å². The molecule has 7 heteroatoms. The van der Waals surface area contributed by atoms with Gasteiger partial charge >= 0.3 is 0 Å². The Balaban J connectivity index is 1.36. The van der Waals surface area contributed by atoms with E-state index in [1.165, 1.54) is 5.56 Å². The first kappa shape index (κ1) is 18.9. The lowest BCUT2D eigenvalue weighted by Gasteiger charge is -2.31. The van der Waals surface area contributed by atoms with Crippen LogP contribution in [0, 0.1) is 0 Å². The van der Waals surface area contributed by atoms with Crippen LogP contribution in [-0.2, 0) is 22.6 Å². The minimum atomic E-state index is -0.747. The third kappa shape index (κ3) is 3.51. The minimum Gasteiger partial charge on any atom is -0.343 e. The smallest absolute Gasteiger partial charge is 0.262 e. The number of carbonyl (C=O) groups excluding carboxylic acids is 4. The van der Waals surface area contributed by atoms with Gasteiger partial charge in [0.1, 0.15) is 12.6 Å². The van der Waals surface area contributed by atoms with Crippen LogP contribution in [0.4, 0.5) is 0 Å². The van der Waals surface area contributed by atoms with E-state index in [2.05, 4.69) is 11.4 Å². The highest BCUT2D eigenvalue weighted by Crippen LogP contribution is 2.22. The second-order valence-corrected chi connectivity index (χ2v) is 7.31. The fraction of sp³-hybridized carbons (Fsp3) is 0.273. The molecule has 1 atom stereocenters. The number of amides is 4. The van der Waals surface area contributed by atoms with Crippen molar-refractivity contribution in [2.24, 2.45) is 0 Å². The lowest BCUT2D eigenvalue weighted by molar-refractivity contribution is -0.136. The van der Waals surface area contributed by atoms with Crippen LogP contribution < -0.4 is 5.32 Å². The van der Waals surface area contributed by atoms with Crippen molar-refractivity contribution in [1.82, 2.24) is 15.1 Å². The molecule has 7 nitrogen and oxygen atoms in total. The summed E-state index contributed by atoms with van der Waals surface area (Å²) in [7, 11) is 0. The largest absolute Gasteiger partial charge is 0.343 e. The maximum Gasteiger partial charge on any atom is 0.262 e. The van der Waals surface area contributed by atoms with Gasteiger partial charge in [0.15, 0.2) is 0 Å². The topological polar surface area (TPSA) is 86.8 Å². The van der Waals surface area contributed by atoms with Crippen molar-refractivity contribution in [1.29, 1.82) is 0 Å². The zero-order valence-electron chi connectivity index (χ0n) is 16.1. The third-order valence-corrected chi connectivity index (χ3v) is 5.37. The van der Waals surface area contributed by atoms with E-state index < -0.39 is 30.3 Å². The van der Waals surface area contributed by atoms with Crippen molar-refractivity contribution in [3.05, 3.63) is 70.8 Å². The number of hydrogen-bond acceptors (Lipinski definition) is 4. The SMILES string of the molecule is C[C@H](NC(=O)CN1C(=O)c2ccccc2C1=O)C(=O)N1CCc2ccccc2C1. The van der Waals surface area contributed by atoms with E-state index in [4.69, 9.17) is 0 Å². The van der Waals surface area contributed by atoms with Gasteiger partial charge in [-0.1, -0.05) is 36.4 Å². The van der Waals surface area contributed by atoms with Gasteiger partial charge in [-0.15, -0.1) is 0 Å². The fourth-order valence-electron chi connectivity index (χ4n) is 3.83. The standard InChI is InChI=1S/C22H21N3O4/c1-14(20(27)24-11-10-15-6-2-3-7-16(15)12-24)23-19(26)13-25-21(28)17-8-4-5-9-18(17)22(25)29/h2-9,14H,10-13H2,1H3,(H,23,26)/t14-/m0/s1. The second-order valence-electron chi connectivity index (χ2n) is 7.31. The van der Waals surface area contributed by atoms with Crippen LogP contribution in [0.3, 0.4) is 0 Å². The Morgan fingerprint density at radius 2 is 1.55 bits per heavy atom. The van der Waals surface area contributed by atoms with Crippen molar-refractivity contribution in [2.75, 3.05) is 13.1 Å². The van der Waals surface area contributed by atoms with Crippen molar-refractivity contribution in [3.8, 4) is 0 Å². The molecule has 0 spiro atoms. The van der Waals surface area contributed by atoms with Crippen molar-refractivity contribution in [2.45, 2.75) is 25.9 Å². The summed E-state index contributed by atoms with van der Waals surface area (Å²) in [5, 5.41) is 2.62. The molecule has 2 heterocycles. The molecule has 0 aliphatic carbocycles. The van der Waals surface area contributed by atoms with Gasteiger partial charge in [0.2, 0.25) is 11.8 Å².